The van der Waals surface area contributed by atoms with Crippen LogP contribution in [0.3, 0.4) is 0 Å². The fourth-order valence-electron chi connectivity index (χ4n) is 2.23. The van der Waals surface area contributed by atoms with Crippen molar-refractivity contribution in [2.75, 3.05) is 11.5 Å². The van der Waals surface area contributed by atoms with Gasteiger partial charge in [-0.2, -0.15) is 5.26 Å². The van der Waals surface area contributed by atoms with Gasteiger partial charge in [-0.1, -0.05) is 13.3 Å². The Labute approximate surface area is 98.0 Å². The van der Waals surface area contributed by atoms with Crippen molar-refractivity contribution >= 4 is 9.84 Å². The fraction of sp³-hybridized carbons (Fsp3) is 0.909. The van der Waals surface area contributed by atoms with Gasteiger partial charge < -0.3 is 5.32 Å². The summed E-state index contributed by atoms with van der Waals surface area (Å²) in [5, 5.41) is 12.2. The van der Waals surface area contributed by atoms with Crippen molar-refractivity contribution in [2.45, 2.75) is 45.2 Å². The lowest BCUT2D eigenvalue weighted by atomic mass is 10.1. The molecule has 1 saturated carbocycles. The minimum absolute atomic E-state index is 0.0479. The Morgan fingerprint density at radius 3 is 2.75 bits per heavy atom. The molecule has 4 nitrogen and oxygen atoms in total. The van der Waals surface area contributed by atoms with Crippen LogP contribution >= 0.6 is 0 Å². The minimum atomic E-state index is -2.93. The van der Waals surface area contributed by atoms with Crippen LogP contribution in [-0.4, -0.2) is 32.0 Å². The van der Waals surface area contributed by atoms with Crippen LogP contribution in [0.5, 0.6) is 0 Å². The second kappa shape index (κ2) is 5.65. The first-order valence-electron chi connectivity index (χ1n) is 5.84. The molecule has 0 aromatic heterocycles. The molecule has 3 unspecified atom stereocenters. The SMILES string of the molecule is CCS(=O)(=O)CC(C)NC1CCCC1C#N. The molecule has 92 valence electrons. The number of rotatable bonds is 5. The van der Waals surface area contributed by atoms with Crippen molar-refractivity contribution in [2.24, 2.45) is 5.92 Å². The lowest BCUT2D eigenvalue weighted by Crippen LogP contribution is -2.42. The Morgan fingerprint density at radius 1 is 1.50 bits per heavy atom. The topological polar surface area (TPSA) is 70.0 Å². The summed E-state index contributed by atoms with van der Waals surface area (Å²) in [6, 6.07) is 2.39. The van der Waals surface area contributed by atoms with Gasteiger partial charge in [-0.25, -0.2) is 8.42 Å². The molecule has 0 bridgehead atoms. The van der Waals surface area contributed by atoms with Crippen molar-refractivity contribution in [3.05, 3.63) is 0 Å². The summed E-state index contributed by atoms with van der Waals surface area (Å²) in [7, 11) is -2.93. The van der Waals surface area contributed by atoms with Crippen LogP contribution in [0.15, 0.2) is 0 Å². The summed E-state index contributed by atoms with van der Waals surface area (Å²) in [5.41, 5.74) is 0. The molecule has 1 N–H and O–H groups in total. The molecule has 0 aromatic carbocycles. The third kappa shape index (κ3) is 3.76. The van der Waals surface area contributed by atoms with Gasteiger partial charge in [-0.3, -0.25) is 0 Å². The molecule has 3 atom stereocenters. The van der Waals surface area contributed by atoms with E-state index < -0.39 is 9.84 Å². The van der Waals surface area contributed by atoms with Gasteiger partial charge in [0.15, 0.2) is 9.84 Å². The molecular formula is C11H20N2O2S. The van der Waals surface area contributed by atoms with Crippen LogP contribution in [0.1, 0.15) is 33.1 Å². The highest BCUT2D eigenvalue weighted by molar-refractivity contribution is 7.91. The van der Waals surface area contributed by atoms with E-state index in [0.717, 1.165) is 19.3 Å². The monoisotopic (exact) mass is 244 g/mol. The number of hydrogen-bond acceptors (Lipinski definition) is 4. The average molecular weight is 244 g/mol. The molecule has 0 saturated heterocycles. The molecule has 0 spiro atoms. The molecule has 1 aliphatic rings. The number of nitrogens with one attached hydrogen (secondary N) is 1. The van der Waals surface area contributed by atoms with Crippen molar-refractivity contribution in [3.63, 3.8) is 0 Å². The van der Waals surface area contributed by atoms with Crippen LogP contribution in [-0.2, 0) is 9.84 Å². The molecule has 5 heteroatoms. The summed E-state index contributed by atoms with van der Waals surface area (Å²) < 4.78 is 22.9. The molecule has 0 aliphatic heterocycles. The second-order valence-corrected chi connectivity index (χ2v) is 6.94. The third-order valence-electron chi connectivity index (χ3n) is 3.12. The molecule has 0 radical (unpaired) electrons. The molecule has 1 rings (SSSR count). The second-order valence-electron chi connectivity index (χ2n) is 4.54. The van der Waals surface area contributed by atoms with E-state index in [2.05, 4.69) is 11.4 Å². The van der Waals surface area contributed by atoms with Gasteiger partial charge in [0, 0.05) is 17.8 Å². The van der Waals surface area contributed by atoms with Gasteiger partial charge in [0.25, 0.3) is 0 Å². The summed E-state index contributed by atoms with van der Waals surface area (Å²) >= 11 is 0. The normalized spacial score (nSPS) is 27.6. The number of nitrogens with zero attached hydrogens (tertiary/aromatic N) is 1. The summed E-state index contributed by atoms with van der Waals surface area (Å²) in [6.07, 6.45) is 2.97. The number of nitriles is 1. The Bertz CT molecular complexity index is 359. The van der Waals surface area contributed by atoms with E-state index in [9.17, 15) is 8.42 Å². The zero-order valence-electron chi connectivity index (χ0n) is 9.94. The average Bonchev–Trinajstić information content (AvgIpc) is 2.64. The van der Waals surface area contributed by atoms with Gasteiger partial charge in [0.1, 0.15) is 0 Å². The summed E-state index contributed by atoms with van der Waals surface area (Å²) in [6.45, 7) is 3.54. The van der Waals surface area contributed by atoms with Crippen LogP contribution in [0.2, 0.25) is 0 Å². The van der Waals surface area contributed by atoms with E-state index in [1.165, 1.54) is 0 Å². The smallest absolute Gasteiger partial charge is 0.151 e. The Hall–Kier alpha value is -0.600. The van der Waals surface area contributed by atoms with E-state index in [0.29, 0.717) is 0 Å². The van der Waals surface area contributed by atoms with Crippen LogP contribution in [0.25, 0.3) is 0 Å². The highest BCUT2D eigenvalue weighted by Crippen LogP contribution is 2.25. The highest BCUT2D eigenvalue weighted by Gasteiger charge is 2.28. The Kier molecular flexibility index (Phi) is 4.75. The fourth-order valence-corrected chi connectivity index (χ4v) is 3.32. The van der Waals surface area contributed by atoms with E-state index in [4.69, 9.17) is 5.26 Å². The lowest BCUT2D eigenvalue weighted by molar-refractivity contribution is 0.425. The predicted molar refractivity (Wildman–Crippen MR) is 63.7 cm³/mol. The molecular weight excluding hydrogens is 224 g/mol. The van der Waals surface area contributed by atoms with Gasteiger partial charge in [0.2, 0.25) is 0 Å². The third-order valence-corrected chi connectivity index (χ3v) is 5.01. The van der Waals surface area contributed by atoms with Crippen molar-refractivity contribution < 1.29 is 8.42 Å². The van der Waals surface area contributed by atoms with Gasteiger partial charge in [-0.15, -0.1) is 0 Å². The summed E-state index contributed by atoms with van der Waals surface area (Å²) in [4.78, 5) is 0. The van der Waals surface area contributed by atoms with Crippen molar-refractivity contribution in [1.29, 1.82) is 5.26 Å². The van der Waals surface area contributed by atoms with Gasteiger partial charge >= 0.3 is 0 Å². The largest absolute Gasteiger partial charge is 0.309 e. The standard InChI is InChI=1S/C11H20N2O2S/c1-3-16(14,15)8-9(2)13-11-6-4-5-10(11)7-12/h9-11,13H,3-6,8H2,1-2H3. The predicted octanol–water partition coefficient (Wildman–Crippen LogP) is 1.09. The highest BCUT2D eigenvalue weighted by atomic mass is 32.2. The zero-order valence-corrected chi connectivity index (χ0v) is 10.8. The quantitative estimate of drug-likeness (QED) is 0.786. The van der Waals surface area contributed by atoms with Crippen molar-refractivity contribution in [3.8, 4) is 6.07 Å². The lowest BCUT2D eigenvalue weighted by Gasteiger charge is -2.21. The Balaban J connectivity index is 2.46. The first kappa shape index (κ1) is 13.5. The minimum Gasteiger partial charge on any atom is -0.309 e. The molecule has 1 aliphatic carbocycles. The number of sulfone groups is 1. The molecule has 0 amide bonds. The van der Waals surface area contributed by atoms with Crippen LogP contribution in [0, 0.1) is 17.2 Å². The maximum absolute atomic E-state index is 11.4. The molecule has 0 aromatic rings. The first-order valence-corrected chi connectivity index (χ1v) is 7.66. The van der Waals surface area contributed by atoms with E-state index >= 15 is 0 Å². The maximum atomic E-state index is 11.4. The van der Waals surface area contributed by atoms with E-state index in [-0.39, 0.29) is 29.5 Å². The summed E-state index contributed by atoms with van der Waals surface area (Å²) in [5.74, 6) is 0.399. The van der Waals surface area contributed by atoms with Crippen LogP contribution < -0.4 is 5.32 Å². The zero-order chi connectivity index (χ0) is 12.2. The van der Waals surface area contributed by atoms with Gasteiger partial charge in [0.05, 0.1) is 17.7 Å². The molecule has 16 heavy (non-hydrogen) atoms. The van der Waals surface area contributed by atoms with Gasteiger partial charge in [-0.05, 0) is 19.8 Å². The van der Waals surface area contributed by atoms with Crippen LogP contribution in [0.4, 0.5) is 0 Å². The maximum Gasteiger partial charge on any atom is 0.151 e. The molecule has 1 fully saturated rings. The van der Waals surface area contributed by atoms with E-state index in [1.807, 2.05) is 6.92 Å². The van der Waals surface area contributed by atoms with E-state index in [1.54, 1.807) is 6.92 Å². The van der Waals surface area contributed by atoms with Crippen molar-refractivity contribution in [1.82, 2.24) is 5.32 Å². The first-order chi connectivity index (χ1) is 7.48. The Morgan fingerprint density at radius 2 is 2.19 bits per heavy atom. The molecule has 0 heterocycles. The number of hydrogen-bond donors (Lipinski definition) is 1.